The predicted molar refractivity (Wildman–Crippen MR) is 62.4 cm³/mol. The molecule has 0 amide bonds. The summed E-state index contributed by atoms with van der Waals surface area (Å²) in [6, 6.07) is 6.45. The highest BCUT2D eigenvalue weighted by atomic mass is 16.5. The number of anilines is 1. The number of esters is 2. The first-order valence-corrected chi connectivity index (χ1v) is 5.23. The Hall–Kier alpha value is -2.04. The Kier molecular flexibility index (Phi) is 5.00. The topological polar surface area (TPSA) is 78.6 Å². The van der Waals surface area contributed by atoms with Crippen molar-refractivity contribution in [1.82, 2.24) is 0 Å². The normalized spacial score (nSPS) is 9.71. The Bertz CT molecular complexity index is 386. The van der Waals surface area contributed by atoms with E-state index in [0.29, 0.717) is 17.7 Å². The van der Waals surface area contributed by atoms with E-state index in [2.05, 4.69) is 4.74 Å². The van der Waals surface area contributed by atoms with Crippen LogP contribution in [0.4, 0.5) is 5.69 Å². The molecule has 2 N–H and O–H groups in total. The lowest BCUT2D eigenvalue weighted by molar-refractivity contribution is -0.140. The molecular formula is C12H15NO4. The molecule has 17 heavy (non-hydrogen) atoms. The highest BCUT2D eigenvalue weighted by Crippen LogP contribution is 2.07. The molecule has 0 radical (unpaired) electrons. The minimum absolute atomic E-state index is 0.193. The molecule has 0 aliphatic heterocycles. The minimum Gasteiger partial charge on any atom is -0.469 e. The SMILES string of the molecule is COC(=O)CCCOC(=O)c1ccc(N)cc1. The van der Waals surface area contributed by atoms with Gasteiger partial charge < -0.3 is 15.2 Å². The highest BCUT2D eigenvalue weighted by Gasteiger charge is 2.07. The number of hydrogen-bond acceptors (Lipinski definition) is 5. The number of ether oxygens (including phenoxy) is 2. The third kappa shape index (κ3) is 4.55. The van der Waals surface area contributed by atoms with E-state index in [1.807, 2.05) is 0 Å². The zero-order valence-electron chi connectivity index (χ0n) is 9.64. The predicted octanol–water partition coefficient (Wildman–Crippen LogP) is 1.38. The van der Waals surface area contributed by atoms with Gasteiger partial charge in [0.2, 0.25) is 0 Å². The van der Waals surface area contributed by atoms with Crippen molar-refractivity contribution >= 4 is 17.6 Å². The lowest BCUT2D eigenvalue weighted by Crippen LogP contribution is -2.08. The van der Waals surface area contributed by atoms with Gasteiger partial charge in [0, 0.05) is 12.1 Å². The van der Waals surface area contributed by atoms with Gasteiger partial charge in [-0.15, -0.1) is 0 Å². The molecule has 0 aromatic heterocycles. The summed E-state index contributed by atoms with van der Waals surface area (Å²) in [5, 5.41) is 0. The van der Waals surface area contributed by atoms with Crippen molar-refractivity contribution in [3.05, 3.63) is 29.8 Å². The molecule has 1 rings (SSSR count). The molecule has 0 saturated carbocycles. The summed E-state index contributed by atoms with van der Waals surface area (Å²) >= 11 is 0. The number of methoxy groups -OCH3 is 1. The quantitative estimate of drug-likeness (QED) is 0.475. The number of hydrogen-bond donors (Lipinski definition) is 1. The van der Waals surface area contributed by atoms with Gasteiger partial charge in [-0.25, -0.2) is 4.79 Å². The molecule has 5 heteroatoms. The second-order valence-corrected chi connectivity index (χ2v) is 3.44. The minimum atomic E-state index is -0.421. The number of carbonyl (C=O) groups is 2. The van der Waals surface area contributed by atoms with Crippen molar-refractivity contribution in [3.8, 4) is 0 Å². The Labute approximate surface area is 99.5 Å². The van der Waals surface area contributed by atoms with Crippen LogP contribution in [0.2, 0.25) is 0 Å². The number of benzene rings is 1. The van der Waals surface area contributed by atoms with Crippen LogP contribution in [0, 0.1) is 0 Å². The highest BCUT2D eigenvalue weighted by molar-refractivity contribution is 5.89. The molecule has 0 aliphatic rings. The van der Waals surface area contributed by atoms with Gasteiger partial charge in [0.1, 0.15) is 0 Å². The fourth-order valence-electron chi connectivity index (χ4n) is 1.19. The molecule has 0 spiro atoms. The lowest BCUT2D eigenvalue weighted by atomic mass is 10.2. The second-order valence-electron chi connectivity index (χ2n) is 3.44. The molecule has 0 bridgehead atoms. The van der Waals surface area contributed by atoms with Crippen molar-refractivity contribution in [1.29, 1.82) is 0 Å². The largest absolute Gasteiger partial charge is 0.469 e. The van der Waals surface area contributed by atoms with E-state index in [-0.39, 0.29) is 19.0 Å². The Morgan fingerprint density at radius 2 is 1.88 bits per heavy atom. The molecule has 0 atom stereocenters. The molecule has 5 nitrogen and oxygen atoms in total. The van der Waals surface area contributed by atoms with Gasteiger partial charge >= 0.3 is 11.9 Å². The summed E-state index contributed by atoms with van der Waals surface area (Å²) in [6.45, 7) is 0.193. The van der Waals surface area contributed by atoms with Crippen molar-refractivity contribution in [2.45, 2.75) is 12.8 Å². The lowest BCUT2D eigenvalue weighted by Gasteiger charge is -2.04. The van der Waals surface area contributed by atoms with Crippen molar-refractivity contribution in [2.24, 2.45) is 0 Å². The fraction of sp³-hybridized carbons (Fsp3) is 0.333. The van der Waals surface area contributed by atoms with Gasteiger partial charge in [0.25, 0.3) is 0 Å². The van der Waals surface area contributed by atoms with Crippen LogP contribution in [-0.2, 0) is 14.3 Å². The molecule has 1 aromatic carbocycles. The molecule has 0 fully saturated rings. The van der Waals surface area contributed by atoms with Crippen LogP contribution in [0.5, 0.6) is 0 Å². The summed E-state index contributed by atoms with van der Waals surface area (Å²) in [5.74, 6) is -0.733. The zero-order valence-corrected chi connectivity index (χ0v) is 9.64. The van der Waals surface area contributed by atoms with Gasteiger partial charge in [0.05, 0.1) is 19.3 Å². The van der Waals surface area contributed by atoms with E-state index in [4.69, 9.17) is 10.5 Å². The van der Waals surface area contributed by atoms with Crippen LogP contribution in [-0.4, -0.2) is 25.7 Å². The summed E-state index contributed by atoms with van der Waals surface area (Å²) in [6.07, 6.45) is 0.693. The first-order chi connectivity index (χ1) is 8.13. The van der Waals surface area contributed by atoms with Crippen molar-refractivity contribution in [3.63, 3.8) is 0 Å². The van der Waals surface area contributed by atoms with E-state index in [0.717, 1.165) is 0 Å². The molecule has 0 unspecified atom stereocenters. The van der Waals surface area contributed by atoms with E-state index in [1.165, 1.54) is 7.11 Å². The van der Waals surface area contributed by atoms with Crippen LogP contribution in [0.3, 0.4) is 0 Å². The zero-order chi connectivity index (χ0) is 12.7. The van der Waals surface area contributed by atoms with Crippen molar-refractivity contribution < 1.29 is 19.1 Å². The van der Waals surface area contributed by atoms with E-state index >= 15 is 0 Å². The molecule has 0 heterocycles. The summed E-state index contributed by atoms with van der Waals surface area (Å²) in [7, 11) is 1.32. The van der Waals surface area contributed by atoms with Crippen LogP contribution >= 0.6 is 0 Å². The van der Waals surface area contributed by atoms with Crippen LogP contribution in [0.15, 0.2) is 24.3 Å². The average Bonchev–Trinajstić information content (AvgIpc) is 2.34. The number of rotatable bonds is 5. The Morgan fingerprint density at radius 1 is 1.24 bits per heavy atom. The summed E-state index contributed by atoms with van der Waals surface area (Å²) in [4.78, 5) is 22.3. The van der Waals surface area contributed by atoms with Crippen LogP contribution in [0.1, 0.15) is 23.2 Å². The average molecular weight is 237 g/mol. The van der Waals surface area contributed by atoms with Crippen molar-refractivity contribution in [2.75, 3.05) is 19.5 Å². The van der Waals surface area contributed by atoms with Crippen LogP contribution in [0.25, 0.3) is 0 Å². The summed E-state index contributed by atoms with van der Waals surface area (Å²) in [5.41, 5.74) is 6.53. The van der Waals surface area contributed by atoms with E-state index in [9.17, 15) is 9.59 Å². The number of nitrogens with two attached hydrogens (primary N) is 1. The monoisotopic (exact) mass is 237 g/mol. The maximum Gasteiger partial charge on any atom is 0.338 e. The molecule has 92 valence electrons. The molecule has 1 aromatic rings. The number of nitrogen functional groups attached to an aromatic ring is 1. The van der Waals surface area contributed by atoms with E-state index < -0.39 is 5.97 Å². The maximum atomic E-state index is 11.5. The second kappa shape index (κ2) is 6.52. The smallest absolute Gasteiger partial charge is 0.338 e. The Balaban J connectivity index is 2.30. The van der Waals surface area contributed by atoms with Gasteiger partial charge in [-0.05, 0) is 30.7 Å². The first kappa shape index (κ1) is 13.0. The third-order valence-electron chi connectivity index (χ3n) is 2.13. The van der Waals surface area contributed by atoms with Gasteiger partial charge in [0.15, 0.2) is 0 Å². The van der Waals surface area contributed by atoms with Gasteiger partial charge in [-0.3, -0.25) is 4.79 Å². The number of carbonyl (C=O) groups excluding carboxylic acids is 2. The maximum absolute atomic E-state index is 11.5. The standard InChI is InChI=1S/C12H15NO4/c1-16-11(14)3-2-8-17-12(15)9-4-6-10(13)7-5-9/h4-7H,2-3,8,13H2,1H3. The van der Waals surface area contributed by atoms with Crippen LogP contribution < -0.4 is 5.73 Å². The van der Waals surface area contributed by atoms with E-state index in [1.54, 1.807) is 24.3 Å². The first-order valence-electron chi connectivity index (χ1n) is 5.23. The molecule has 0 saturated heterocycles. The van der Waals surface area contributed by atoms with Gasteiger partial charge in [-0.1, -0.05) is 0 Å². The molecule has 0 aliphatic carbocycles. The third-order valence-corrected chi connectivity index (χ3v) is 2.13. The Morgan fingerprint density at radius 3 is 2.47 bits per heavy atom. The molecular weight excluding hydrogens is 222 g/mol. The van der Waals surface area contributed by atoms with Gasteiger partial charge in [-0.2, -0.15) is 0 Å². The summed E-state index contributed by atoms with van der Waals surface area (Å²) < 4.78 is 9.44. The fourth-order valence-corrected chi connectivity index (χ4v) is 1.19.